The summed E-state index contributed by atoms with van der Waals surface area (Å²) >= 11 is 0. The van der Waals surface area contributed by atoms with Crippen molar-refractivity contribution in [3.05, 3.63) is 59.4 Å². The number of para-hydroxylation sites is 2. The number of carbonyl (C=O) groups is 1. The Kier molecular flexibility index (Phi) is 3.66. The molecule has 0 spiro atoms. The Bertz CT molecular complexity index is 945. The first kappa shape index (κ1) is 15.4. The topological polar surface area (TPSA) is 58.2 Å². The lowest BCUT2D eigenvalue weighted by molar-refractivity contribution is 0.0705. The van der Waals surface area contributed by atoms with E-state index in [4.69, 9.17) is 9.72 Å². The van der Waals surface area contributed by atoms with Gasteiger partial charge in [-0.2, -0.15) is 0 Å². The number of hydrogen-bond donors (Lipinski definition) is 1. The van der Waals surface area contributed by atoms with Gasteiger partial charge in [-0.25, -0.2) is 4.98 Å². The Hall–Kier alpha value is -2.82. The number of piperidine rings is 1. The summed E-state index contributed by atoms with van der Waals surface area (Å²) in [5.41, 5.74) is 3.95. The van der Waals surface area contributed by atoms with E-state index in [1.165, 1.54) is 0 Å². The van der Waals surface area contributed by atoms with E-state index in [1.807, 2.05) is 47.4 Å². The second-order valence-corrected chi connectivity index (χ2v) is 7.15. The van der Waals surface area contributed by atoms with Crippen molar-refractivity contribution in [2.45, 2.75) is 25.2 Å². The second kappa shape index (κ2) is 6.16. The monoisotopic (exact) mass is 347 g/mol. The van der Waals surface area contributed by atoms with Crippen LogP contribution in [-0.4, -0.2) is 40.5 Å². The highest BCUT2D eigenvalue weighted by molar-refractivity contribution is 5.94. The fraction of sp³-hybridized carbons (Fsp3) is 0.333. The highest BCUT2D eigenvalue weighted by Crippen LogP contribution is 2.29. The van der Waals surface area contributed by atoms with Gasteiger partial charge >= 0.3 is 0 Å². The summed E-state index contributed by atoms with van der Waals surface area (Å²) in [4.78, 5) is 23.1. The first-order chi connectivity index (χ1) is 12.8. The fourth-order valence-electron chi connectivity index (χ4n) is 4.05. The van der Waals surface area contributed by atoms with Crippen molar-refractivity contribution in [1.29, 1.82) is 0 Å². The molecule has 0 bridgehead atoms. The number of aromatic nitrogens is 2. The molecular formula is C21H21N3O2. The van der Waals surface area contributed by atoms with E-state index in [-0.39, 0.29) is 11.8 Å². The second-order valence-electron chi connectivity index (χ2n) is 7.15. The van der Waals surface area contributed by atoms with Gasteiger partial charge in [0.05, 0.1) is 17.6 Å². The molecule has 1 saturated heterocycles. The molecule has 5 nitrogen and oxygen atoms in total. The molecule has 0 unspecified atom stereocenters. The standard InChI is InChI=1S/C21H21N3O2/c25-21(15-7-8-19-14(12-15)9-11-26-19)24-10-3-4-16(13-24)20-22-17-5-1-2-6-18(17)23-20/h1-2,5-8,12,16H,3-4,9-11,13H2,(H,22,23)/t16-/m1/s1. The van der Waals surface area contributed by atoms with Crippen molar-refractivity contribution in [3.63, 3.8) is 0 Å². The smallest absolute Gasteiger partial charge is 0.253 e. The number of nitrogens with one attached hydrogen (secondary N) is 1. The number of H-pyrrole nitrogens is 1. The van der Waals surface area contributed by atoms with Crippen LogP contribution < -0.4 is 4.74 Å². The van der Waals surface area contributed by atoms with E-state index in [9.17, 15) is 4.79 Å². The lowest BCUT2D eigenvalue weighted by Gasteiger charge is -2.32. The minimum absolute atomic E-state index is 0.112. The number of ether oxygens (including phenoxy) is 1. The van der Waals surface area contributed by atoms with Gasteiger partial charge in [0, 0.05) is 31.0 Å². The molecule has 1 fully saturated rings. The van der Waals surface area contributed by atoms with Crippen LogP contribution in [0, 0.1) is 0 Å². The number of aromatic amines is 1. The summed E-state index contributed by atoms with van der Waals surface area (Å²) in [6, 6.07) is 13.9. The van der Waals surface area contributed by atoms with Crippen LogP contribution in [0.25, 0.3) is 11.0 Å². The highest BCUT2D eigenvalue weighted by atomic mass is 16.5. The molecule has 5 heteroatoms. The van der Waals surface area contributed by atoms with Crippen molar-refractivity contribution >= 4 is 16.9 Å². The predicted molar refractivity (Wildman–Crippen MR) is 99.6 cm³/mol. The Labute approximate surface area is 152 Å². The zero-order valence-corrected chi connectivity index (χ0v) is 14.6. The van der Waals surface area contributed by atoms with Crippen LogP contribution in [-0.2, 0) is 6.42 Å². The number of benzene rings is 2. The normalized spacial score (nSPS) is 19.4. The first-order valence-corrected chi connectivity index (χ1v) is 9.27. The number of fused-ring (bicyclic) bond motifs is 2. The minimum atomic E-state index is 0.112. The minimum Gasteiger partial charge on any atom is -0.493 e. The average Bonchev–Trinajstić information content (AvgIpc) is 3.33. The zero-order valence-electron chi connectivity index (χ0n) is 14.6. The molecule has 2 aliphatic rings. The zero-order chi connectivity index (χ0) is 17.5. The van der Waals surface area contributed by atoms with Crippen LogP contribution in [0.1, 0.15) is 40.5 Å². The van der Waals surface area contributed by atoms with E-state index < -0.39 is 0 Å². The number of imidazole rings is 1. The van der Waals surface area contributed by atoms with Crippen LogP contribution in [0.3, 0.4) is 0 Å². The lowest BCUT2D eigenvalue weighted by Crippen LogP contribution is -2.39. The SMILES string of the molecule is O=C(c1ccc2c(c1)CCO2)N1CCC[C@@H](c2nc3ccccc3[nH]2)C1. The third-order valence-electron chi connectivity index (χ3n) is 5.44. The number of hydrogen-bond acceptors (Lipinski definition) is 3. The molecule has 3 heterocycles. The molecule has 2 aromatic carbocycles. The summed E-state index contributed by atoms with van der Waals surface area (Å²) in [5.74, 6) is 2.28. The first-order valence-electron chi connectivity index (χ1n) is 9.27. The maximum atomic E-state index is 13.0. The van der Waals surface area contributed by atoms with Gasteiger partial charge in [0.2, 0.25) is 0 Å². The molecule has 1 amide bonds. The predicted octanol–water partition coefficient (Wildman–Crippen LogP) is 3.52. The number of likely N-dealkylation sites (tertiary alicyclic amines) is 1. The van der Waals surface area contributed by atoms with Gasteiger partial charge in [-0.1, -0.05) is 12.1 Å². The third kappa shape index (κ3) is 2.64. The summed E-state index contributed by atoms with van der Waals surface area (Å²) in [5, 5.41) is 0. The van der Waals surface area contributed by atoms with E-state index in [1.54, 1.807) is 0 Å². The summed E-state index contributed by atoms with van der Waals surface area (Å²) in [7, 11) is 0. The fourth-order valence-corrected chi connectivity index (χ4v) is 4.05. The Balaban J connectivity index is 1.37. The van der Waals surface area contributed by atoms with Crippen molar-refractivity contribution in [2.24, 2.45) is 0 Å². The van der Waals surface area contributed by atoms with Gasteiger partial charge < -0.3 is 14.6 Å². The summed E-state index contributed by atoms with van der Waals surface area (Å²) in [6.45, 7) is 2.24. The third-order valence-corrected chi connectivity index (χ3v) is 5.44. The van der Waals surface area contributed by atoms with E-state index >= 15 is 0 Å². The molecule has 3 aromatic rings. The quantitative estimate of drug-likeness (QED) is 0.772. The van der Waals surface area contributed by atoms with Crippen molar-refractivity contribution in [2.75, 3.05) is 19.7 Å². The van der Waals surface area contributed by atoms with Gasteiger partial charge in [0.1, 0.15) is 11.6 Å². The summed E-state index contributed by atoms with van der Waals surface area (Å²) in [6.07, 6.45) is 2.95. The molecule has 0 aliphatic carbocycles. The van der Waals surface area contributed by atoms with E-state index in [0.717, 1.165) is 59.5 Å². The molecule has 2 aliphatic heterocycles. The van der Waals surface area contributed by atoms with Gasteiger partial charge in [-0.05, 0) is 48.7 Å². The lowest BCUT2D eigenvalue weighted by atomic mass is 9.96. The maximum absolute atomic E-state index is 13.0. The Morgan fingerprint density at radius 1 is 1.23 bits per heavy atom. The van der Waals surface area contributed by atoms with Crippen LogP contribution >= 0.6 is 0 Å². The molecule has 1 atom stereocenters. The Morgan fingerprint density at radius 3 is 3.08 bits per heavy atom. The molecule has 1 aromatic heterocycles. The average molecular weight is 347 g/mol. The highest BCUT2D eigenvalue weighted by Gasteiger charge is 2.28. The van der Waals surface area contributed by atoms with Gasteiger partial charge in [-0.15, -0.1) is 0 Å². The molecule has 26 heavy (non-hydrogen) atoms. The van der Waals surface area contributed by atoms with Crippen LogP contribution in [0.15, 0.2) is 42.5 Å². The summed E-state index contributed by atoms with van der Waals surface area (Å²) < 4.78 is 5.55. The van der Waals surface area contributed by atoms with E-state index in [0.29, 0.717) is 13.2 Å². The number of nitrogens with zero attached hydrogens (tertiary/aromatic N) is 2. The molecule has 0 radical (unpaired) electrons. The molecule has 132 valence electrons. The van der Waals surface area contributed by atoms with Gasteiger partial charge in [0.25, 0.3) is 5.91 Å². The van der Waals surface area contributed by atoms with Crippen molar-refractivity contribution < 1.29 is 9.53 Å². The van der Waals surface area contributed by atoms with Crippen molar-refractivity contribution in [1.82, 2.24) is 14.9 Å². The van der Waals surface area contributed by atoms with Crippen LogP contribution in [0.4, 0.5) is 0 Å². The molecular weight excluding hydrogens is 326 g/mol. The number of rotatable bonds is 2. The van der Waals surface area contributed by atoms with E-state index in [2.05, 4.69) is 4.98 Å². The molecule has 1 N–H and O–H groups in total. The molecule has 0 saturated carbocycles. The van der Waals surface area contributed by atoms with Crippen molar-refractivity contribution in [3.8, 4) is 5.75 Å². The molecule has 5 rings (SSSR count). The van der Waals surface area contributed by atoms with Gasteiger partial charge in [0.15, 0.2) is 0 Å². The van der Waals surface area contributed by atoms with Gasteiger partial charge in [-0.3, -0.25) is 4.79 Å². The number of amides is 1. The number of carbonyl (C=O) groups excluding carboxylic acids is 1. The van der Waals surface area contributed by atoms with Crippen LogP contribution in [0.2, 0.25) is 0 Å². The Morgan fingerprint density at radius 2 is 2.15 bits per heavy atom. The van der Waals surface area contributed by atoms with Crippen LogP contribution in [0.5, 0.6) is 5.75 Å². The largest absolute Gasteiger partial charge is 0.493 e. The maximum Gasteiger partial charge on any atom is 0.253 e.